The standard InChI is InChI=1S/C59H112O5/c1-4-7-10-13-16-19-22-25-27-29-31-33-36-39-42-45-48-51-54-62-55-57(64-59(61)53-50-47-44-41-38-34-24-21-18-15-12-9-6-3)56-63-58(60)52-49-46-43-40-37-35-32-30-28-26-23-20-17-14-11-8-5-2/h21,24-25,27,57H,4-20,22-23,26,28-56H2,1-3H3/b24-21-,27-25-. The van der Waals surface area contributed by atoms with Crippen molar-refractivity contribution < 1.29 is 23.8 Å². The minimum absolute atomic E-state index is 0.0879. The summed E-state index contributed by atoms with van der Waals surface area (Å²) in [5.41, 5.74) is 0. The molecular formula is C59H112O5. The van der Waals surface area contributed by atoms with Crippen molar-refractivity contribution >= 4 is 11.9 Å². The Labute approximate surface area is 400 Å². The second kappa shape index (κ2) is 55.7. The van der Waals surface area contributed by atoms with E-state index in [0.29, 0.717) is 19.4 Å². The Hall–Kier alpha value is -1.62. The number of hydrogen-bond donors (Lipinski definition) is 0. The van der Waals surface area contributed by atoms with E-state index in [0.717, 1.165) is 51.4 Å². The predicted octanol–water partition coefficient (Wildman–Crippen LogP) is 19.6. The first-order valence-electron chi connectivity index (χ1n) is 28.9. The van der Waals surface area contributed by atoms with Gasteiger partial charge in [-0.15, -0.1) is 0 Å². The van der Waals surface area contributed by atoms with Gasteiger partial charge in [-0.05, 0) is 70.6 Å². The molecule has 64 heavy (non-hydrogen) atoms. The molecule has 0 aliphatic heterocycles. The van der Waals surface area contributed by atoms with E-state index in [2.05, 4.69) is 45.1 Å². The van der Waals surface area contributed by atoms with Crippen LogP contribution in [0.4, 0.5) is 0 Å². The molecule has 1 atom stereocenters. The molecule has 0 rings (SSSR count). The van der Waals surface area contributed by atoms with Gasteiger partial charge < -0.3 is 14.2 Å². The third-order valence-corrected chi connectivity index (χ3v) is 13.0. The van der Waals surface area contributed by atoms with Gasteiger partial charge in [-0.1, -0.05) is 257 Å². The van der Waals surface area contributed by atoms with Crippen molar-refractivity contribution in [2.75, 3.05) is 19.8 Å². The van der Waals surface area contributed by atoms with Gasteiger partial charge in [0.1, 0.15) is 6.61 Å². The number of allylic oxidation sites excluding steroid dienone is 4. The Morgan fingerprint density at radius 2 is 0.609 bits per heavy atom. The maximum absolute atomic E-state index is 12.8. The Balaban J connectivity index is 4.21. The first kappa shape index (κ1) is 62.4. The summed E-state index contributed by atoms with van der Waals surface area (Å²) in [5.74, 6) is -0.388. The van der Waals surface area contributed by atoms with Gasteiger partial charge in [-0.25, -0.2) is 0 Å². The Bertz CT molecular complexity index is 974. The second-order valence-corrected chi connectivity index (χ2v) is 19.5. The van der Waals surface area contributed by atoms with Crippen molar-refractivity contribution in [2.24, 2.45) is 0 Å². The third-order valence-electron chi connectivity index (χ3n) is 13.0. The molecule has 0 bridgehead atoms. The van der Waals surface area contributed by atoms with E-state index in [9.17, 15) is 9.59 Å². The molecule has 0 radical (unpaired) electrons. The van der Waals surface area contributed by atoms with Crippen LogP contribution in [0.3, 0.4) is 0 Å². The van der Waals surface area contributed by atoms with E-state index in [1.54, 1.807) is 0 Å². The van der Waals surface area contributed by atoms with Gasteiger partial charge in [-0.3, -0.25) is 9.59 Å². The number of esters is 2. The molecule has 0 heterocycles. The maximum Gasteiger partial charge on any atom is 0.306 e. The zero-order valence-corrected chi connectivity index (χ0v) is 43.6. The fraction of sp³-hybridized carbons (Fsp3) is 0.898. The topological polar surface area (TPSA) is 61.8 Å². The van der Waals surface area contributed by atoms with Gasteiger partial charge in [0.15, 0.2) is 6.10 Å². The first-order valence-corrected chi connectivity index (χ1v) is 28.9. The highest BCUT2D eigenvalue weighted by Crippen LogP contribution is 2.16. The van der Waals surface area contributed by atoms with Crippen molar-refractivity contribution in [1.82, 2.24) is 0 Å². The average Bonchev–Trinajstić information content (AvgIpc) is 3.30. The lowest BCUT2D eigenvalue weighted by molar-refractivity contribution is -0.163. The van der Waals surface area contributed by atoms with E-state index < -0.39 is 6.10 Å². The molecule has 0 N–H and O–H groups in total. The highest BCUT2D eigenvalue weighted by Gasteiger charge is 2.17. The number of ether oxygens (including phenoxy) is 3. The van der Waals surface area contributed by atoms with Gasteiger partial charge in [0, 0.05) is 19.4 Å². The van der Waals surface area contributed by atoms with Crippen LogP contribution in [0.5, 0.6) is 0 Å². The summed E-state index contributed by atoms with van der Waals surface area (Å²) in [4.78, 5) is 25.5. The van der Waals surface area contributed by atoms with Crippen molar-refractivity contribution in [1.29, 1.82) is 0 Å². The molecule has 5 heteroatoms. The summed E-state index contributed by atoms with van der Waals surface area (Å²) in [7, 11) is 0. The highest BCUT2D eigenvalue weighted by atomic mass is 16.6. The number of rotatable bonds is 54. The molecule has 0 aromatic carbocycles. The lowest BCUT2D eigenvalue weighted by atomic mass is 10.0. The normalized spacial score (nSPS) is 12.2. The first-order chi connectivity index (χ1) is 31.6. The highest BCUT2D eigenvalue weighted by molar-refractivity contribution is 5.70. The summed E-state index contributed by atoms with van der Waals surface area (Å²) in [6, 6.07) is 0. The minimum Gasteiger partial charge on any atom is -0.462 e. The summed E-state index contributed by atoms with van der Waals surface area (Å²) in [6.07, 6.45) is 66.2. The summed E-state index contributed by atoms with van der Waals surface area (Å²) in [6.45, 7) is 7.86. The van der Waals surface area contributed by atoms with Crippen LogP contribution in [0.15, 0.2) is 24.3 Å². The van der Waals surface area contributed by atoms with E-state index in [1.807, 2.05) is 0 Å². The van der Waals surface area contributed by atoms with E-state index in [4.69, 9.17) is 14.2 Å². The molecule has 0 aliphatic rings. The van der Waals surface area contributed by atoms with Gasteiger partial charge in [0.05, 0.1) is 6.61 Å². The van der Waals surface area contributed by atoms with Crippen LogP contribution in [-0.2, 0) is 23.8 Å². The van der Waals surface area contributed by atoms with Crippen LogP contribution in [0, 0.1) is 0 Å². The lowest BCUT2D eigenvalue weighted by Crippen LogP contribution is -2.30. The van der Waals surface area contributed by atoms with E-state index >= 15 is 0 Å². The Morgan fingerprint density at radius 1 is 0.328 bits per heavy atom. The van der Waals surface area contributed by atoms with Gasteiger partial charge in [-0.2, -0.15) is 0 Å². The molecular weight excluding hydrogens is 789 g/mol. The lowest BCUT2D eigenvalue weighted by Gasteiger charge is -2.18. The maximum atomic E-state index is 12.8. The van der Waals surface area contributed by atoms with E-state index in [-0.39, 0.29) is 25.2 Å². The smallest absolute Gasteiger partial charge is 0.306 e. The van der Waals surface area contributed by atoms with E-state index in [1.165, 1.54) is 231 Å². The van der Waals surface area contributed by atoms with Crippen LogP contribution in [0.25, 0.3) is 0 Å². The van der Waals surface area contributed by atoms with Gasteiger partial charge in [0.2, 0.25) is 0 Å². The average molecular weight is 902 g/mol. The summed E-state index contributed by atoms with van der Waals surface area (Å²) >= 11 is 0. The van der Waals surface area contributed by atoms with Crippen molar-refractivity contribution in [3.63, 3.8) is 0 Å². The molecule has 0 aromatic rings. The number of carbonyl (C=O) groups is 2. The fourth-order valence-electron chi connectivity index (χ4n) is 8.62. The third kappa shape index (κ3) is 53.0. The quantitative estimate of drug-likeness (QED) is 0.0346. The molecule has 0 fully saturated rings. The number of carbonyl (C=O) groups excluding carboxylic acids is 2. The monoisotopic (exact) mass is 901 g/mol. The van der Waals surface area contributed by atoms with Crippen LogP contribution in [0.2, 0.25) is 0 Å². The molecule has 0 spiro atoms. The molecule has 0 saturated carbocycles. The molecule has 0 aromatic heterocycles. The number of hydrogen-bond acceptors (Lipinski definition) is 5. The Morgan fingerprint density at radius 3 is 0.969 bits per heavy atom. The van der Waals surface area contributed by atoms with Crippen molar-refractivity contribution in [3.05, 3.63) is 24.3 Å². The predicted molar refractivity (Wildman–Crippen MR) is 279 cm³/mol. The zero-order chi connectivity index (χ0) is 46.3. The second-order valence-electron chi connectivity index (χ2n) is 19.5. The summed E-state index contributed by atoms with van der Waals surface area (Å²) < 4.78 is 17.5. The largest absolute Gasteiger partial charge is 0.462 e. The molecule has 0 saturated heterocycles. The fourth-order valence-corrected chi connectivity index (χ4v) is 8.62. The molecule has 1 unspecified atom stereocenters. The van der Waals surface area contributed by atoms with Crippen LogP contribution in [-0.4, -0.2) is 37.9 Å². The minimum atomic E-state index is -0.536. The number of unbranched alkanes of at least 4 members (excludes halogenated alkanes) is 39. The summed E-state index contributed by atoms with van der Waals surface area (Å²) in [5, 5.41) is 0. The zero-order valence-electron chi connectivity index (χ0n) is 43.6. The molecule has 5 nitrogen and oxygen atoms in total. The van der Waals surface area contributed by atoms with Gasteiger partial charge >= 0.3 is 11.9 Å². The Kier molecular flexibility index (Phi) is 54.3. The van der Waals surface area contributed by atoms with Gasteiger partial charge in [0.25, 0.3) is 0 Å². The molecule has 378 valence electrons. The van der Waals surface area contributed by atoms with Crippen LogP contribution >= 0.6 is 0 Å². The van der Waals surface area contributed by atoms with Crippen molar-refractivity contribution in [3.8, 4) is 0 Å². The molecule has 0 aliphatic carbocycles. The van der Waals surface area contributed by atoms with Crippen molar-refractivity contribution in [2.45, 2.75) is 322 Å². The SMILES string of the molecule is CCCCCC/C=C\CCCCCCCC(=O)OC(COCCCCCCCCCC/C=C\CCCCCCCC)COC(=O)CCCCCCCCCCCCCCCCCCC. The van der Waals surface area contributed by atoms with Crippen LogP contribution < -0.4 is 0 Å². The van der Waals surface area contributed by atoms with Crippen LogP contribution in [0.1, 0.15) is 316 Å². The molecule has 0 amide bonds.